The maximum absolute atomic E-state index is 12.8. The Balaban J connectivity index is 1.53. The van der Waals surface area contributed by atoms with E-state index in [-0.39, 0.29) is 12.5 Å². The van der Waals surface area contributed by atoms with Gasteiger partial charge in [0.05, 0.1) is 18.5 Å². The lowest BCUT2D eigenvalue weighted by atomic mass is 9.98. The van der Waals surface area contributed by atoms with Gasteiger partial charge in [-0.25, -0.2) is 0 Å². The topological polar surface area (TPSA) is 42.0 Å². The van der Waals surface area contributed by atoms with Crippen LogP contribution in [0.2, 0.25) is 0 Å². The van der Waals surface area contributed by atoms with Crippen molar-refractivity contribution in [1.82, 2.24) is 0 Å². The molecule has 2 heterocycles. The molecular formula is C20H22N2O3. The van der Waals surface area contributed by atoms with Crippen molar-refractivity contribution in [1.29, 1.82) is 0 Å². The number of amides is 1. The van der Waals surface area contributed by atoms with Gasteiger partial charge in [0.15, 0.2) is 18.1 Å². The van der Waals surface area contributed by atoms with Crippen LogP contribution in [0, 0.1) is 0 Å². The second kappa shape index (κ2) is 6.67. The van der Waals surface area contributed by atoms with Gasteiger partial charge in [-0.1, -0.05) is 24.3 Å². The molecule has 0 fully saturated rings. The van der Waals surface area contributed by atoms with E-state index in [0.717, 1.165) is 25.2 Å². The Bertz CT molecular complexity index is 790. The number of benzene rings is 2. The van der Waals surface area contributed by atoms with Crippen molar-refractivity contribution in [2.45, 2.75) is 12.8 Å². The van der Waals surface area contributed by atoms with Gasteiger partial charge in [0.1, 0.15) is 0 Å². The van der Waals surface area contributed by atoms with Gasteiger partial charge in [0, 0.05) is 19.6 Å². The lowest BCUT2D eigenvalue weighted by Crippen LogP contribution is -2.47. The van der Waals surface area contributed by atoms with Crippen LogP contribution in [0.5, 0.6) is 11.5 Å². The molecule has 2 aliphatic heterocycles. The van der Waals surface area contributed by atoms with Crippen LogP contribution < -0.4 is 19.3 Å². The fourth-order valence-electron chi connectivity index (χ4n) is 3.71. The number of ether oxygens (including phenoxy) is 2. The molecule has 0 aromatic heterocycles. The number of hydrogen-bond acceptors (Lipinski definition) is 4. The molecule has 25 heavy (non-hydrogen) atoms. The molecule has 130 valence electrons. The second-order valence-corrected chi connectivity index (χ2v) is 6.36. The molecule has 1 amide bonds. The highest BCUT2D eigenvalue weighted by atomic mass is 16.5. The van der Waals surface area contributed by atoms with E-state index in [9.17, 15) is 4.79 Å². The molecule has 0 unspecified atom stereocenters. The van der Waals surface area contributed by atoms with E-state index < -0.39 is 0 Å². The lowest BCUT2D eigenvalue weighted by Gasteiger charge is -2.41. The van der Waals surface area contributed by atoms with Gasteiger partial charge < -0.3 is 19.3 Å². The van der Waals surface area contributed by atoms with Crippen molar-refractivity contribution < 1.29 is 14.3 Å². The minimum atomic E-state index is -0.0236. The summed E-state index contributed by atoms with van der Waals surface area (Å²) in [7, 11) is 1.60. The summed E-state index contributed by atoms with van der Waals surface area (Å²) in [5.74, 6) is 1.20. The van der Waals surface area contributed by atoms with E-state index in [1.807, 2.05) is 41.3 Å². The summed E-state index contributed by atoms with van der Waals surface area (Å²) in [6.07, 6.45) is 2.26. The van der Waals surface area contributed by atoms with Crippen LogP contribution in [-0.4, -0.2) is 39.3 Å². The Morgan fingerprint density at radius 3 is 2.72 bits per heavy atom. The molecule has 2 aliphatic rings. The summed E-state index contributed by atoms with van der Waals surface area (Å²) in [5.41, 5.74) is 3.58. The maximum Gasteiger partial charge on any atom is 0.265 e. The van der Waals surface area contributed by atoms with Crippen LogP contribution >= 0.6 is 0 Å². The Morgan fingerprint density at radius 2 is 1.88 bits per heavy atom. The van der Waals surface area contributed by atoms with E-state index in [1.54, 1.807) is 7.11 Å². The molecule has 0 spiro atoms. The van der Waals surface area contributed by atoms with Crippen molar-refractivity contribution in [3.8, 4) is 11.5 Å². The zero-order valence-electron chi connectivity index (χ0n) is 14.4. The first-order chi connectivity index (χ1) is 12.3. The molecule has 5 nitrogen and oxygen atoms in total. The monoisotopic (exact) mass is 338 g/mol. The smallest absolute Gasteiger partial charge is 0.265 e. The minimum absolute atomic E-state index is 0.00401. The van der Waals surface area contributed by atoms with Crippen LogP contribution in [0.3, 0.4) is 0 Å². The molecule has 2 aromatic rings. The van der Waals surface area contributed by atoms with Crippen molar-refractivity contribution in [2.75, 3.05) is 43.2 Å². The van der Waals surface area contributed by atoms with Gasteiger partial charge in [0.2, 0.25) is 0 Å². The number of anilines is 2. The molecule has 0 atom stereocenters. The zero-order valence-corrected chi connectivity index (χ0v) is 14.4. The molecule has 0 bridgehead atoms. The van der Waals surface area contributed by atoms with Crippen molar-refractivity contribution in [3.63, 3.8) is 0 Å². The van der Waals surface area contributed by atoms with E-state index >= 15 is 0 Å². The minimum Gasteiger partial charge on any atom is -0.493 e. The quantitative estimate of drug-likeness (QED) is 0.860. The summed E-state index contributed by atoms with van der Waals surface area (Å²) >= 11 is 0. The second-order valence-electron chi connectivity index (χ2n) is 6.36. The van der Waals surface area contributed by atoms with Gasteiger partial charge in [-0.15, -0.1) is 0 Å². The van der Waals surface area contributed by atoms with E-state index in [2.05, 4.69) is 11.0 Å². The molecule has 5 heteroatoms. The van der Waals surface area contributed by atoms with Gasteiger partial charge >= 0.3 is 0 Å². The number of methoxy groups -OCH3 is 1. The molecule has 4 rings (SSSR count). The van der Waals surface area contributed by atoms with Gasteiger partial charge in [0.25, 0.3) is 5.91 Å². The largest absolute Gasteiger partial charge is 0.493 e. The van der Waals surface area contributed by atoms with Crippen LogP contribution in [-0.2, 0) is 11.2 Å². The first-order valence-electron chi connectivity index (χ1n) is 8.71. The fraction of sp³-hybridized carbons (Fsp3) is 0.350. The number of para-hydroxylation sites is 3. The van der Waals surface area contributed by atoms with Gasteiger partial charge in [-0.05, 0) is 36.6 Å². The number of aryl methyl sites for hydroxylation is 1. The van der Waals surface area contributed by atoms with E-state index in [4.69, 9.17) is 9.47 Å². The molecular weight excluding hydrogens is 316 g/mol. The average Bonchev–Trinajstić information content (AvgIpc) is 2.67. The highest BCUT2D eigenvalue weighted by molar-refractivity contribution is 5.99. The third-order valence-electron chi connectivity index (χ3n) is 4.89. The molecule has 0 saturated carbocycles. The summed E-state index contributed by atoms with van der Waals surface area (Å²) < 4.78 is 11.0. The third kappa shape index (κ3) is 2.90. The summed E-state index contributed by atoms with van der Waals surface area (Å²) in [6.45, 7) is 2.66. The predicted molar refractivity (Wildman–Crippen MR) is 97.8 cm³/mol. The number of hydrogen-bond donors (Lipinski definition) is 0. The number of nitrogens with zero attached hydrogens (tertiary/aromatic N) is 2. The zero-order chi connectivity index (χ0) is 17.2. The standard InChI is InChI=1S/C20H22N2O3/c1-24-17-9-2-3-10-18(17)25-14-19(23)22-13-12-21-11-5-7-15-6-4-8-16(22)20(15)21/h2-4,6,8-10H,5,7,11-14H2,1H3. The SMILES string of the molecule is COc1ccccc1OCC(=O)N1CCN2CCCc3cccc1c32. The van der Waals surface area contributed by atoms with Crippen molar-refractivity contribution in [3.05, 3.63) is 48.0 Å². The molecule has 0 saturated heterocycles. The van der Waals surface area contributed by atoms with Gasteiger partial charge in [-0.2, -0.15) is 0 Å². The van der Waals surface area contributed by atoms with Crippen molar-refractivity contribution in [2.24, 2.45) is 0 Å². The predicted octanol–water partition coefficient (Wildman–Crippen LogP) is 2.87. The molecule has 2 aromatic carbocycles. The number of rotatable bonds is 4. The van der Waals surface area contributed by atoms with E-state index in [1.165, 1.54) is 17.7 Å². The normalized spacial score (nSPS) is 15.6. The summed E-state index contributed by atoms with van der Waals surface area (Å²) in [4.78, 5) is 17.1. The summed E-state index contributed by atoms with van der Waals surface area (Å²) in [5, 5.41) is 0. The Labute approximate surface area is 147 Å². The first kappa shape index (κ1) is 15.8. The Morgan fingerprint density at radius 1 is 1.04 bits per heavy atom. The van der Waals surface area contributed by atoms with Crippen LogP contribution in [0.25, 0.3) is 0 Å². The van der Waals surface area contributed by atoms with Crippen LogP contribution in [0.15, 0.2) is 42.5 Å². The van der Waals surface area contributed by atoms with Crippen LogP contribution in [0.4, 0.5) is 11.4 Å². The maximum atomic E-state index is 12.8. The number of carbonyl (C=O) groups excluding carboxylic acids is 1. The lowest BCUT2D eigenvalue weighted by molar-refractivity contribution is -0.120. The van der Waals surface area contributed by atoms with Crippen LogP contribution in [0.1, 0.15) is 12.0 Å². The Hall–Kier alpha value is -2.69. The first-order valence-corrected chi connectivity index (χ1v) is 8.71. The fourth-order valence-corrected chi connectivity index (χ4v) is 3.71. The molecule has 0 N–H and O–H groups in total. The average molecular weight is 338 g/mol. The highest BCUT2D eigenvalue weighted by Gasteiger charge is 2.30. The third-order valence-corrected chi connectivity index (χ3v) is 4.89. The molecule has 0 aliphatic carbocycles. The van der Waals surface area contributed by atoms with E-state index in [0.29, 0.717) is 18.0 Å². The highest BCUT2D eigenvalue weighted by Crippen LogP contribution is 2.39. The van der Waals surface area contributed by atoms with Gasteiger partial charge in [-0.3, -0.25) is 4.79 Å². The Kier molecular flexibility index (Phi) is 4.22. The number of carbonyl (C=O) groups is 1. The van der Waals surface area contributed by atoms with Crippen molar-refractivity contribution >= 4 is 17.3 Å². The summed E-state index contributed by atoms with van der Waals surface area (Å²) in [6, 6.07) is 13.6. The molecule has 0 radical (unpaired) electrons.